The molecule has 0 bridgehead atoms. The van der Waals surface area contributed by atoms with E-state index in [2.05, 4.69) is 15.9 Å². The van der Waals surface area contributed by atoms with Crippen LogP contribution >= 0.6 is 27.3 Å². The summed E-state index contributed by atoms with van der Waals surface area (Å²) in [5, 5.41) is 1.82. The summed E-state index contributed by atoms with van der Waals surface area (Å²) in [6.07, 6.45) is 0. The van der Waals surface area contributed by atoms with E-state index in [4.69, 9.17) is 0 Å². The normalized spacial score (nSPS) is 10.5. The molecule has 0 radical (unpaired) electrons. The fourth-order valence-electron chi connectivity index (χ4n) is 1.16. The van der Waals surface area contributed by atoms with Crippen LogP contribution in [0.1, 0.15) is 0 Å². The van der Waals surface area contributed by atoms with E-state index >= 15 is 0 Å². The second-order valence-electron chi connectivity index (χ2n) is 2.72. The van der Waals surface area contributed by atoms with E-state index in [0.717, 1.165) is 16.6 Å². The number of hydrogen-bond acceptors (Lipinski definition) is 1. The van der Waals surface area contributed by atoms with Crippen molar-refractivity contribution in [3.05, 3.63) is 45.8 Å². The van der Waals surface area contributed by atoms with E-state index in [1.54, 1.807) is 0 Å². The lowest BCUT2D eigenvalue weighted by atomic mass is 10.2. The molecular weight excluding hydrogens is 270 g/mol. The fourth-order valence-corrected chi connectivity index (χ4v) is 2.76. The van der Waals surface area contributed by atoms with Gasteiger partial charge in [0, 0.05) is 10.0 Å². The van der Waals surface area contributed by atoms with Crippen LogP contribution in [0.25, 0.3) is 10.4 Å². The summed E-state index contributed by atoms with van der Waals surface area (Å²) in [5.74, 6) is -0.837. The average Bonchev–Trinajstić information content (AvgIpc) is 2.56. The van der Waals surface area contributed by atoms with E-state index in [1.807, 2.05) is 11.4 Å². The van der Waals surface area contributed by atoms with Crippen LogP contribution in [0.4, 0.5) is 8.78 Å². The summed E-state index contributed by atoms with van der Waals surface area (Å²) in [5.41, 5.74) is 0.298. The Balaban J connectivity index is 2.62. The number of hydrogen-bond donors (Lipinski definition) is 0. The van der Waals surface area contributed by atoms with Crippen molar-refractivity contribution >= 4 is 27.3 Å². The van der Waals surface area contributed by atoms with Crippen molar-refractivity contribution in [3.63, 3.8) is 0 Å². The van der Waals surface area contributed by atoms with Gasteiger partial charge in [0.25, 0.3) is 0 Å². The standard InChI is InChI=1S/C10H5BrF2S/c11-8-3-4-14-10(8)7-5-6(12)1-2-9(7)13/h1-5H. The molecule has 4 heteroatoms. The molecule has 1 aromatic carbocycles. The molecule has 0 saturated heterocycles. The van der Waals surface area contributed by atoms with E-state index in [0.29, 0.717) is 10.4 Å². The van der Waals surface area contributed by atoms with Gasteiger partial charge in [0.1, 0.15) is 11.6 Å². The maximum absolute atomic E-state index is 13.3. The third-order valence-electron chi connectivity index (χ3n) is 1.79. The van der Waals surface area contributed by atoms with Gasteiger partial charge in [0.05, 0.1) is 4.88 Å². The molecule has 0 fully saturated rings. The van der Waals surface area contributed by atoms with Crippen molar-refractivity contribution < 1.29 is 8.78 Å². The van der Waals surface area contributed by atoms with Crippen LogP contribution in [0.15, 0.2) is 34.1 Å². The first-order valence-corrected chi connectivity index (χ1v) is 5.54. The first kappa shape index (κ1) is 9.80. The van der Waals surface area contributed by atoms with Crippen LogP contribution in [0.3, 0.4) is 0 Å². The zero-order valence-corrected chi connectivity index (χ0v) is 9.33. The highest BCUT2D eigenvalue weighted by Gasteiger charge is 2.10. The second kappa shape index (κ2) is 3.79. The number of halogens is 3. The summed E-state index contributed by atoms with van der Waals surface area (Å²) < 4.78 is 27.0. The van der Waals surface area contributed by atoms with Gasteiger partial charge in [-0.15, -0.1) is 11.3 Å². The SMILES string of the molecule is Fc1ccc(F)c(-c2sccc2Br)c1. The Morgan fingerprint density at radius 2 is 1.93 bits per heavy atom. The zero-order chi connectivity index (χ0) is 10.1. The van der Waals surface area contributed by atoms with E-state index in [-0.39, 0.29) is 0 Å². The molecule has 0 unspecified atom stereocenters. The highest BCUT2D eigenvalue weighted by Crippen LogP contribution is 2.35. The highest BCUT2D eigenvalue weighted by molar-refractivity contribution is 9.10. The van der Waals surface area contributed by atoms with Gasteiger partial charge in [-0.05, 0) is 45.6 Å². The summed E-state index contributed by atoms with van der Waals surface area (Å²) in [6, 6.07) is 5.26. The molecule has 0 aliphatic carbocycles. The summed E-state index contributed by atoms with van der Waals surface area (Å²) in [7, 11) is 0. The lowest BCUT2D eigenvalue weighted by molar-refractivity contribution is 0.603. The van der Waals surface area contributed by atoms with Crippen molar-refractivity contribution in [3.8, 4) is 10.4 Å². The smallest absolute Gasteiger partial charge is 0.132 e. The monoisotopic (exact) mass is 274 g/mol. The molecule has 0 atom stereocenters. The minimum atomic E-state index is -0.429. The van der Waals surface area contributed by atoms with Gasteiger partial charge in [-0.25, -0.2) is 8.78 Å². The molecule has 0 aliphatic rings. The number of thiophene rings is 1. The van der Waals surface area contributed by atoms with Gasteiger partial charge in [-0.1, -0.05) is 0 Å². The van der Waals surface area contributed by atoms with Crippen LogP contribution in [-0.2, 0) is 0 Å². The van der Waals surface area contributed by atoms with Gasteiger partial charge in [-0.3, -0.25) is 0 Å². The molecule has 14 heavy (non-hydrogen) atoms. The number of rotatable bonds is 1. The lowest BCUT2D eigenvalue weighted by Gasteiger charge is -2.00. The Hall–Kier alpha value is -0.740. The van der Waals surface area contributed by atoms with Crippen LogP contribution in [0.5, 0.6) is 0 Å². The minimum absolute atomic E-state index is 0.298. The quantitative estimate of drug-likeness (QED) is 0.721. The average molecular weight is 275 g/mol. The van der Waals surface area contributed by atoms with E-state index in [1.165, 1.54) is 17.4 Å². The highest BCUT2D eigenvalue weighted by atomic mass is 79.9. The second-order valence-corrected chi connectivity index (χ2v) is 4.49. The van der Waals surface area contributed by atoms with Gasteiger partial charge in [0.15, 0.2) is 0 Å². The summed E-state index contributed by atoms with van der Waals surface area (Å²) >= 11 is 4.65. The molecule has 0 N–H and O–H groups in total. The largest absolute Gasteiger partial charge is 0.207 e. The van der Waals surface area contributed by atoms with Crippen molar-refractivity contribution in [2.75, 3.05) is 0 Å². The molecule has 0 aliphatic heterocycles. The Morgan fingerprint density at radius 3 is 2.57 bits per heavy atom. The zero-order valence-electron chi connectivity index (χ0n) is 6.93. The third kappa shape index (κ3) is 1.72. The Bertz CT molecular complexity index is 465. The molecule has 0 spiro atoms. The molecule has 0 nitrogen and oxygen atoms in total. The Kier molecular flexibility index (Phi) is 2.65. The Morgan fingerprint density at radius 1 is 1.14 bits per heavy atom. The first-order chi connectivity index (χ1) is 6.68. The van der Waals surface area contributed by atoms with Crippen molar-refractivity contribution in [2.45, 2.75) is 0 Å². The van der Waals surface area contributed by atoms with Crippen molar-refractivity contribution in [2.24, 2.45) is 0 Å². The third-order valence-corrected chi connectivity index (χ3v) is 3.66. The van der Waals surface area contributed by atoms with Gasteiger partial charge < -0.3 is 0 Å². The van der Waals surface area contributed by atoms with Crippen LogP contribution in [0.2, 0.25) is 0 Å². The number of benzene rings is 1. The van der Waals surface area contributed by atoms with E-state index < -0.39 is 11.6 Å². The lowest BCUT2D eigenvalue weighted by Crippen LogP contribution is -1.84. The minimum Gasteiger partial charge on any atom is -0.207 e. The fraction of sp³-hybridized carbons (Fsp3) is 0. The Labute approximate surface area is 92.3 Å². The van der Waals surface area contributed by atoms with Crippen molar-refractivity contribution in [1.82, 2.24) is 0 Å². The van der Waals surface area contributed by atoms with Crippen LogP contribution in [-0.4, -0.2) is 0 Å². The van der Waals surface area contributed by atoms with Gasteiger partial charge in [0.2, 0.25) is 0 Å². The van der Waals surface area contributed by atoms with Crippen LogP contribution < -0.4 is 0 Å². The topological polar surface area (TPSA) is 0 Å². The van der Waals surface area contributed by atoms with Gasteiger partial charge in [-0.2, -0.15) is 0 Å². The predicted octanol–water partition coefficient (Wildman–Crippen LogP) is 4.46. The molecule has 1 aromatic heterocycles. The van der Waals surface area contributed by atoms with Crippen LogP contribution in [0, 0.1) is 11.6 Å². The van der Waals surface area contributed by atoms with E-state index in [9.17, 15) is 8.78 Å². The maximum Gasteiger partial charge on any atom is 0.132 e. The molecule has 0 saturated carbocycles. The molecule has 1 heterocycles. The molecular formula is C10H5BrF2S. The van der Waals surface area contributed by atoms with Gasteiger partial charge >= 0.3 is 0 Å². The molecule has 0 amide bonds. The summed E-state index contributed by atoms with van der Waals surface area (Å²) in [4.78, 5) is 0.710. The molecule has 2 rings (SSSR count). The molecule has 2 aromatic rings. The summed E-state index contributed by atoms with van der Waals surface area (Å²) in [6.45, 7) is 0. The molecule has 72 valence electrons. The van der Waals surface area contributed by atoms with Crippen molar-refractivity contribution in [1.29, 1.82) is 0 Å². The maximum atomic E-state index is 13.3. The predicted molar refractivity (Wildman–Crippen MR) is 57.4 cm³/mol. The first-order valence-electron chi connectivity index (χ1n) is 3.87.